The van der Waals surface area contributed by atoms with E-state index >= 15 is 0 Å². The van der Waals surface area contributed by atoms with Crippen molar-refractivity contribution in [2.45, 2.75) is 45.2 Å². The monoisotopic (exact) mass is 473 g/mol. The van der Waals surface area contributed by atoms with Gasteiger partial charge in [0.05, 0.1) is 18.6 Å². The van der Waals surface area contributed by atoms with Crippen LogP contribution in [-0.2, 0) is 19.9 Å². The predicted octanol–water partition coefficient (Wildman–Crippen LogP) is 5.43. The summed E-state index contributed by atoms with van der Waals surface area (Å²) in [4.78, 5) is 24.2. The van der Waals surface area contributed by atoms with Gasteiger partial charge in [0.1, 0.15) is 6.61 Å². The van der Waals surface area contributed by atoms with Crippen molar-refractivity contribution >= 4 is 11.8 Å². The van der Waals surface area contributed by atoms with Crippen LogP contribution < -0.4 is 5.32 Å². The number of rotatable bonds is 12. The molecule has 0 bridgehead atoms. The number of hydrogen-bond donors (Lipinski definition) is 2. The molecule has 184 valence electrons. The molecule has 0 aromatic heterocycles. The number of Topliss-reactive ketones (excluding diaryl/α,β-unsaturated/α-hetero) is 1. The van der Waals surface area contributed by atoms with Crippen LogP contribution in [-0.4, -0.2) is 36.1 Å². The standard InChI is InChI=1S/C30H35NO4/c1-29(2,3)20-27(32)22-35-21-26(19-28(33)34)31-30(23-13-7-4-8-14-23,24-15-9-5-10-16-24)25-17-11-6-12-18-25/h4-18,26,31H,19-22H2,1-3H3,(H,33,34)/t26-/m0/s1. The Hall–Kier alpha value is -3.28. The van der Waals surface area contributed by atoms with E-state index in [1.807, 2.05) is 112 Å². The Labute approximate surface area is 208 Å². The molecule has 0 fully saturated rings. The van der Waals surface area contributed by atoms with Crippen LogP contribution in [0.1, 0.15) is 50.3 Å². The fraction of sp³-hybridized carbons (Fsp3) is 0.333. The molecule has 35 heavy (non-hydrogen) atoms. The Bertz CT molecular complexity index is 979. The van der Waals surface area contributed by atoms with Crippen LogP contribution in [0.4, 0.5) is 0 Å². The maximum absolute atomic E-state index is 12.4. The van der Waals surface area contributed by atoms with E-state index in [-0.39, 0.29) is 30.8 Å². The first-order valence-corrected chi connectivity index (χ1v) is 12.0. The molecule has 5 heteroatoms. The number of ketones is 1. The normalized spacial score (nSPS) is 12.8. The molecule has 5 nitrogen and oxygen atoms in total. The Morgan fingerprint density at radius 1 is 0.800 bits per heavy atom. The molecule has 2 N–H and O–H groups in total. The first-order chi connectivity index (χ1) is 16.7. The molecule has 3 rings (SSSR count). The molecule has 0 saturated carbocycles. The Kier molecular flexibility index (Phi) is 8.96. The van der Waals surface area contributed by atoms with E-state index in [9.17, 15) is 14.7 Å². The molecule has 0 aliphatic heterocycles. The van der Waals surface area contributed by atoms with Gasteiger partial charge in [-0.25, -0.2) is 0 Å². The zero-order valence-electron chi connectivity index (χ0n) is 20.7. The summed E-state index contributed by atoms with van der Waals surface area (Å²) in [5.41, 5.74) is 2.01. The molecule has 3 aromatic carbocycles. The molecule has 0 saturated heterocycles. The molecule has 0 unspecified atom stereocenters. The highest BCUT2D eigenvalue weighted by atomic mass is 16.5. The number of carbonyl (C=O) groups excluding carboxylic acids is 1. The average molecular weight is 474 g/mol. The van der Waals surface area contributed by atoms with E-state index in [1.165, 1.54) is 0 Å². The number of carboxylic acid groups (broad SMARTS) is 1. The highest BCUT2D eigenvalue weighted by molar-refractivity contribution is 5.80. The number of aliphatic carboxylic acids is 1. The summed E-state index contributed by atoms with van der Waals surface area (Å²) in [6, 6.07) is 29.4. The number of benzene rings is 3. The van der Waals surface area contributed by atoms with E-state index in [4.69, 9.17) is 4.74 Å². The van der Waals surface area contributed by atoms with Crippen LogP contribution in [0.5, 0.6) is 0 Å². The molecular formula is C30H35NO4. The summed E-state index contributed by atoms with van der Waals surface area (Å²) in [6.45, 7) is 6.08. The second-order valence-electron chi connectivity index (χ2n) is 10.1. The SMILES string of the molecule is CC(C)(C)CC(=O)COC[C@H](CC(=O)O)NC(c1ccccc1)(c1ccccc1)c1ccccc1. The summed E-state index contributed by atoms with van der Waals surface area (Å²) in [7, 11) is 0. The molecule has 0 amide bonds. The van der Waals surface area contributed by atoms with Gasteiger partial charge in [-0.15, -0.1) is 0 Å². The van der Waals surface area contributed by atoms with Gasteiger partial charge in [0.15, 0.2) is 5.78 Å². The number of ether oxygens (including phenoxy) is 1. The summed E-state index contributed by atoms with van der Waals surface area (Å²) >= 11 is 0. The molecule has 0 radical (unpaired) electrons. The number of carboxylic acids is 1. The van der Waals surface area contributed by atoms with Crippen LogP contribution in [0, 0.1) is 5.41 Å². The lowest BCUT2D eigenvalue weighted by atomic mass is 9.76. The van der Waals surface area contributed by atoms with Crippen molar-refractivity contribution < 1.29 is 19.4 Å². The quantitative estimate of drug-likeness (QED) is 0.343. The van der Waals surface area contributed by atoms with Gasteiger partial charge in [-0.3, -0.25) is 14.9 Å². The van der Waals surface area contributed by atoms with Gasteiger partial charge in [-0.2, -0.15) is 0 Å². The van der Waals surface area contributed by atoms with Gasteiger partial charge >= 0.3 is 5.97 Å². The lowest BCUT2D eigenvalue weighted by Crippen LogP contribution is -2.52. The van der Waals surface area contributed by atoms with Crippen LogP contribution in [0.3, 0.4) is 0 Å². The zero-order chi connectivity index (χ0) is 25.3. The minimum Gasteiger partial charge on any atom is -0.481 e. The molecule has 0 aliphatic rings. The van der Waals surface area contributed by atoms with Crippen molar-refractivity contribution in [1.29, 1.82) is 0 Å². The Morgan fingerprint density at radius 2 is 1.23 bits per heavy atom. The predicted molar refractivity (Wildman–Crippen MR) is 138 cm³/mol. The first kappa shape index (κ1) is 26.3. The highest BCUT2D eigenvalue weighted by Gasteiger charge is 2.38. The molecular weight excluding hydrogens is 438 g/mol. The van der Waals surface area contributed by atoms with Gasteiger partial charge in [0.2, 0.25) is 0 Å². The first-order valence-electron chi connectivity index (χ1n) is 12.0. The summed E-state index contributed by atoms with van der Waals surface area (Å²) < 4.78 is 5.78. The third kappa shape index (κ3) is 7.35. The van der Waals surface area contributed by atoms with Gasteiger partial charge in [0, 0.05) is 12.5 Å². The minimum absolute atomic E-state index is 0.00650. The number of nitrogens with one attached hydrogen (secondary N) is 1. The van der Waals surface area contributed by atoms with Crippen LogP contribution in [0.2, 0.25) is 0 Å². The lowest BCUT2D eigenvalue weighted by molar-refractivity contribution is -0.138. The Morgan fingerprint density at radius 3 is 1.60 bits per heavy atom. The minimum atomic E-state index is -0.935. The second-order valence-corrected chi connectivity index (χ2v) is 10.1. The van der Waals surface area contributed by atoms with Gasteiger partial charge in [0.25, 0.3) is 0 Å². The van der Waals surface area contributed by atoms with Crippen LogP contribution in [0.15, 0.2) is 91.0 Å². The summed E-state index contributed by atoms with van der Waals surface area (Å²) in [5, 5.41) is 13.3. The van der Waals surface area contributed by atoms with Crippen LogP contribution in [0.25, 0.3) is 0 Å². The number of carbonyl (C=O) groups is 2. The molecule has 0 aliphatic carbocycles. The molecule has 1 atom stereocenters. The van der Waals surface area contributed by atoms with Gasteiger partial charge in [-0.1, -0.05) is 112 Å². The summed E-state index contributed by atoms with van der Waals surface area (Å²) in [5.74, 6) is -0.929. The van der Waals surface area contributed by atoms with Gasteiger partial charge in [-0.05, 0) is 22.1 Å². The smallest absolute Gasteiger partial charge is 0.305 e. The van der Waals surface area contributed by atoms with E-state index in [0.29, 0.717) is 6.42 Å². The summed E-state index contributed by atoms with van der Waals surface area (Å²) in [6.07, 6.45) is 0.258. The van der Waals surface area contributed by atoms with E-state index in [2.05, 4.69) is 5.32 Å². The van der Waals surface area contributed by atoms with Gasteiger partial charge < -0.3 is 9.84 Å². The van der Waals surface area contributed by atoms with Crippen molar-refractivity contribution in [2.75, 3.05) is 13.2 Å². The molecule has 0 heterocycles. The third-order valence-corrected chi connectivity index (χ3v) is 5.77. The topological polar surface area (TPSA) is 75.6 Å². The highest BCUT2D eigenvalue weighted by Crippen LogP contribution is 2.37. The molecule has 3 aromatic rings. The van der Waals surface area contributed by atoms with E-state index < -0.39 is 17.6 Å². The van der Waals surface area contributed by atoms with Crippen LogP contribution >= 0.6 is 0 Å². The fourth-order valence-corrected chi connectivity index (χ4v) is 4.44. The third-order valence-electron chi connectivity index (χ3n) is 5.77. The zero-order valence-corrected chi connectivity index (χ0v) is 20.7. The maximum atomic E-state index is 12.4. The van der Waals surface area contributed by atoms with Crippen molar-refractivity contribution in [2.24, 2.45) is 5.41 Å². The largest absolute Gasteiger partial charge is 0.481 e. The lowest BCUT2D eigenvalue weighted by Gasteiger charge is -2.40. The maximum Gasteiger partial charge on any atom is 0.305 e. The fourth-order valence-electron chi connectivity index (χ4n) is 4.44. The number of hydrogen-bond acceptors (Lipinski definition) is 4. The van der Waals surface area contributed by atoms with Crippen molar-refractivity contribution in [1.82, 2.24) is 5.32 Å². The van der Waals surface area contributed by atoms with E-state index in [1.54, 1.807) is 0 Å². The van der Waals surface area contributed by atoms with Crippen molar-refractivity contribution in [3.05, 3.63) is 108 Å². The van der Waals surface area contributed by atoms with Crippen molar-refractivity contribution in [3.8, 4) is 0 Å². The van der Waals surface area contributed by atoms with E-state index in [0.717, 1.165) is 16.7 Å². The van der Waals surface area contributed by atoms with Crippen molar-refractivity contribution in [3.63, 3.8) is 0 Å². The molecule has 0 spiro atoms. The average Bonchev–Trinajstić information content (AvgIpc) is 2.82. The Balaban J connectivity index is 1.99. The second kappa shape index (κ2) is 11.9.